The van der Waals surface area contributed by atoms with Crippen molar-refractivity contribution in [2.45, 2.75) is 19.4 Å². The van der Waals surface area contributed by atoms with Gasteiger partial charge in [0.25, 0.3) is 0 Å². The number of ether oxygens (including phenoxy) is 1. The van der Waals surface area contributed by atoms with E-state index in [2.05, 4.69) is 16.5 Å². The van der Waals surface area contributed by atoms with Crippen LogP contribution in [-0.4, -0.2) is 22.8 Å². The van der Waals surface area contributed by atoms with E-state index in [-0.39, 0.29) is 0 Å². The Bertz CT molecular complexity index is 244. The number of nitrogens with zero attached hydrogens (tertiary/aromatic N) is 2. The summed E-state index contributed by atoms with van der Waals surface area (Å²) in [5.41, 5.74) is 0. The maximum atomic E-state index is 5.39. The molecule has 3 nitrogen and oxygen atoms in total. The fourth-order valence-electron chi connectivity index (χ4n) is 1.44. The smallest absolute Gasteiger partial charge is 0.113 e. The number of fused-ring (bicyclic) bond motifs is 1. The highest BCUT2D eigenvalue weighted by Gasteiger charge is 2.14. The summed E-state index contributed by atoms with van der Waals surface area (Å²) >= 11 is 0. The van der Waals surface area contributed by atoms with Crippen LogP contribution in [0.2, 0.25) is 0 Å². The van der Waals surface area contributed by atoms with Gasteiger partial charge in [-0.15, -0.1) is 0 Å². The van der Waals surface area contributed by atoms with Crippen LogP contribution in [0.1, 0.15) is 18.7 Å². The van der Waals surface area contributed by atoms with Crippen molar-refractivity contribution in [3.05, 3.63) is 18.2 Å². The van der Waals surface area contributed by atoms with Crippen LogP contribution in [0, 0.1) is 0 Å². The van der Waals surface area contributed by atoms with Gasteiger partial charge in [-0.3, -0.25) is 0 Å². The lowest BCUT2D eigenvalue weighted by Gasteiger charge is -2.05. The van der Waals surface area contributed by atoms with Crippen molar-refractivity contribution >= 4 is 0 Å². The first kappa shape index (κ1) is 6.85. The predicted molar refractivity (Wildman–Crippen MR) is 41.5 cm³/mol. The molecule has 0 spiro atoms. The second-order valence-electron chi connectivity index (χ2n) is 2.95. The topological polar surface area (TPSA) is 27.1 Å². The molecule has 0 fully saturated rings. The van der Waals surface area contributed by atoms with Crippen molar-refractivity contribution in [3.63, 3.8) is 0 Å². The highest BCUT2D eigenvalue weighted by Crippen LogP contribution is 2.15. The molecule has 2 rings (SSSR count). The molecule has 3 heteroatoms. The highest BCUT2D eigenvalue weighted by atomic mass is 16.5. The van der Waals surface area contributed by atoms with Gasteiger partial charge in [0.1, 0.15) is 5.82 Å². The summed E-state index contributed by atoms with van der Waals surface area (Å²) < 4.78 is 7.55. The average molecular weight is 152 g/mol. The van der Waals surface area contributed by atoms with Crippen molar-refractivity contribution in [2.75, 3.05) is 13.2 Å². The molecule has 0 aromatic carbocycles. The van der Waals surface area contributed by atoms with Gasteiger partial charge in [-0.2, -0.15) is 0 Å². The van der Waals surface area contributed by atoms with Crippen LogP contribution in [0.4, 0.5) is 0 Å². The molecule has 0 unspecified atom stereocenters. The van der Waals surface area contributed by atoms with Crippen molar-refractivity contribution in [1.29, 1.82) is 0 Å². The molecule has 0 radical (unpaired) electrons. The number of aromatic nitrogens is 2. The Morgan fingerprint density at radius 3 is 3.55 bits per heavy atom. The van der Waals surface area contributed by atoms with E-state index in [0.717, 1.165) is 25.6 Å². The first-order valence-corrected chi connectivity index (χ1v) is 3.96. The standard InChI is InChI=1S/C8H12N2O/c1-7-6-11-5-4-10-3-2-9-8(7)10/h2-3,7H,4-6H2,1H3/t7-/m0/s1. The molecule has 60 valence electrons. The van der Waals surface area contributed by atoms with Crippen molar-refractivity contribution < 1.29 is 4.74 Å². The van der Waals surface area contributed by atoms with Crippen LogP contribution in [0.3, 0.4) is 0 Å². The lowest BCUT2D eigenvalue weighted by molar-refractivity contribution is 0.128. The van der Waals surface area contributed by atoms with E-state index < -0.39 is 0 Å². The van der Waals surface area contributed by atoms with Crippen LogP contribution in [0.5, 0.6) is 0 Å². The van der Waals surface area contributed by atoms with Gasteiger partial charge in [0, 0.05) is 24.9 Å². The number of imidazole rings is 1. The normalized spacial score (nSPS) is 24.3. The maximum Gasteiger partial charge on any atom is 0.113 e. The van der Waals surface area contributed by atoms with E-state index in [1.165, 1.54) is 0 Å². The van der Waals surface area contributed by atoms with E-state index in [4.69, 9.17) is 4.74 Å². The highest BCUT2D eigenvalue weighted by molar-refractivity contribution is 5.00. The number of hydrogen-bond donors (Lipinski definition) is 0. The molecule has 1 aromatic rings. The van der Waals surface area contributed by atoms with E-state index in [0.29, 0.717) is 5.92 Å². The molecule has 0 amide bonds. The van der Waals surface area contributed by atoms with Gasteiger partial charge in [-0.1, -0.05) is 6.92 Å². The Labute approximate surface area is 66.0 Å². The summed E-state index contributed by atoms with van der Waals surface area (Å²) in [6.07, 6.45) is 3.87. The Hall–Kier alpha value is -0.830. The van der Waals surface area contributed by atoms with Crippen molar-refractivity contribution in [3.8, 4) is 0 Å². The van der Waals surface area contributed by atoms with Gasteiger partial charge < -0.3 is 9.30 Å². The molecular weight excluding hydrogens is 140 g/mol. The van der Waals surface area contributed by atoms with Crippen LogP contribution < -0.4 is 0 Å². The first-order valence-electron chi connectivity index (χ1n) is 3.96. The average Bonchev–Trinajstić information content (AvgIpc) is 2.40. The SMILES string of the molecule is C[C@H]1COCCn2ccnc21. The third-order valence-electron chi connectivity index (χ3n) is 2.03. The number of rotatable bonds is 0. The quantitative estimate of drug-likeness (QED) is 0.555. The fourth-order valence-corrected chi connectivity index (χ4v) is 1.44. The zero-order valence-corrected chi connectivity index (χ0v) is 6.66. The second kappa shape index (κ2) is 2.66. The molecule has 0 N–H and O–H groups in total. The molecule has 1 atom stereocenters. The summed E-state index contributed by atoms with van der Waals surface area (Å²) in [6.45, 7) is 4.70. The van der Waals surface area contributed by atoms with Crippen LogP contribution >= 0.6 is 0 Å². The minimum absolute atomic E-state index is 0.437. The Balaban J connectivity index is 2.34. The summed E-state index contributed by atoms with van der Waals surface area (Å²) in [4.78, 5) is 4.28. The molecule has 0 saturated carbocycles. The van der Waals surface area contributed by atoms with Gasteiger partial charge in [-0.25, -0.2) is 4.98 Å². The summed E-state index contributed by atoms with van der Waals surface area (Å²) in [6, 6.07) is 0. The third-order valence-corrected chi connectivity index (χ3v) is 2.03. The Morgan fingerprint density at radius 1 is 1.73 bits per heavy atom. The number of hydrogen-bond acceptors (Lipinski definition) is 2. The van der Waals surface area contributed by atoms with E-state index in [1.807, 2.05) is 12.4 Å². The Morgan fingerprint density at radius 2 is 2.64 bits per heavy atom. The maximum absolute atomic E-state index is 5.39. The van der Waals surface area contributed by atoms with Crippen LogP contribution in [0.15, 0.2) is 12.4 Å². The molecule has 1 aliphatic rings. The van der Waals surface area contributed by atoms with E-state index >= 15 is 0 Å². The summed E-state index contributed by atoms with van der Waals surface area (Å²) in [7, 11) is 0. The van der Waals surface area contributed by atoms with Gasteiger partial charge in [0.05, 0.1) is 13.2 Å². The fraction of sp³-hybridized carbons (Fsp3) is 0.625. The zero-order valence-electron chi connectivity index (χ0n) is 6.66. The van der Waals surface area contributed by atoms with E-state index in [1.54, 1.807) is 0 Å². The molecule has 1 aromatic heterocycles. The second-order valence-corrected chi connectivity index (χ2v) is 2.95. The minimum Gasteiger partial charge on any atom is -0.379 e. The lowest BCUT2D eigenvalue weighted by atomic mass is 10.2. The molecular formula is C8H12N2O. The molecule has 2 heterocycles. The zero-order chi connectivity index (χ0) is 7.68. The minimum atomic E-state index is 0.437. The molecule has 0 saturated heterocycles. The van der Waals surface area contributed by atoms with Gasteiger partial charge in [-0.05, 0) is 0 Å². The third kappa shape index (κ3) is 1.16. The van der Waals surface area contributed by atoms with Crippen LogP contribution in [-0.2, 0) is 11.3 Å². The van der Waals surface area contributed by atoms with Crippen LogP contribution in [0.25, 0.3) is 0 Å². The lowest BCUT2D eigenvalue weighted by Crippen LogP contribution is -2.04. The summed E-state index contributed by atoms with van der Waals surface area (Å²) in [5, 5.41) is 0. The molecule has 11 heavy (non-hydrogen) atoms. The molecule has 1 aliphatic heterocycles. The van der Waals surface area contributed by atoms with Gasteiger partial charge >= 0.3 is 0 Å². The van der Waals surface area contributed by atoms with Gasteiger partial charge in [0.2, 0.25) is 0 Å². The molecule has 0 aliphatic carbocycles. The van der Waals surface area contributed by atoms with Crippen molar-refractivity contribution in [1.82, 2.24) is 9.55 Å². The van der Waals surface area contributed by atoms with Gasteiger partial charge in [0.15, 0.2) is 0 Å². The largest absolute Gasteiger partial charge is 0.379 e. The van der Waals surface area contributed by atoms with Crippen molar-refractivity contribution in [2.24, 2.45) is 0 Å². The molecule has 0 bridgehead atoms. The van der Waals surface area contributed by atoms with E-state index in [9.17, 15) is 0 Å². The Kier molecular flexibility index (Phi) is 1.66. The first-order chi connectivity index (χ1) is 5.38. The summed E-state index contributed by atoms with van der Waals surface area (Å²) in [5.74, 6) is 1.59. The predicted octanol–water partition coefficient (Wildman–Crippen LogP) is 1.02. The monoisotopic (exact) mass is 152 g/mol.